The van der Waals surface area contributed by atoms with E-state index in [9.17, 15) is 4.79 Å². The molecule has 2 rings (SSSR count). The van der Waals surface area contributed by atoms with E-state index in [1.165, 1.54) is 0 Å². The Morgan fingerprint density at radius 2 is 2.28 bits per heavy atom. The van der Waals surface area contributed by atoms with Gasteiger partial charge in [0.05, 0.1) is 0 Å². The molecule has 1 fully saturated rings. The van der Waals surface area contributed by atoms with Crippen LogP contribution in [0.4, 0.5) is 0 Å². The van der Waals surface area contributed by atoms with Gasteiger partial charge in [-0.1, -0.05) is 15.9 Å². The third-order valence-corrected chi connectivity index (χ3v) is 3.86. The van der Waals surface area contributed by atoms with E-state index in [0.29, 0.717) is 5.92 Å². The summed E-state index contributed by atoms with van der Waals surface area (Å²) in [6.07, 6.45) is 1.79. The minimum atomic E-state index is 0.0971. The number of aliphatic hydroxyl groups excluding tert-OH is 1. The first-order valence-corrected chi connectivity index (χ1v) is 7.07. The van der Waals surface area contributed by atoms with Crippen LogP contribution < -0.4 is 0 Å². The Balaban J connectivity index is 2.08. The Hall–Kier alpha value is -0.870. The quantitative estimate of drug-likeness (QED) is 0.932. The SMILES string of the molecule is Cc1cc(Br)cc(C(=O)N2CCC(CCO)C2)c1. The first-order valence-electron chi connectivity index (χ1n) is 6.27. The first kappa shape index (κ1) is 13.6. The lowest BCUT2D eigenvalue weighted by molar-refractivity contribution is 0.0784. The molecule has 0 radical (unpaired) electrons. The van der Waals surface area contributed by atoms with Crippen LogP contribution in [0.2, 0.25) is 0 Å². The van der Waals surface area contributed by atoms with Crippen LogP contribution in [0.5, 0.6) is 0 Å². The number of halogens is 1. The largest absolute Gasteiger partial charge is 0.396 e. The van der Waals surface area contributed by atoms with Gasteiger partial charge < -0.3 is 10.0 Å². The van der Waals surface area contributed by atoms with Crippen molar-refractivity contribution < 1.29 is 9.90 Å². The van der Waals surface area contributed by atoms with Gasteiger partial charge in [0.15, 0.2) is 0 Å². The van der Waals surface area contributed by atoms with E-state index in [1.807, 2.05) is 30.0 Å². The van der Waals surface area contributed by atoms with Crippen LogP contribution in [0, 0.1) is 12.8 Å². The van der Waals surface area contributed by atoms with Crippen molar-refractivity contribution in [2.45, 2.75) is 19.8 Å². The lowest BCUT2D eigenvalue weighted by Crippen LogP contribution is -2.28. The lowest BCUT2D eigenvalue weighted by Gasteiger charge is -2.17. The van der Waals surface area contributed by atoms with E-state index in [-0.39, 0.29) is 12.5 Å². The van der Waals surface area contributed by atoms with Crippen LogP contribution in [-0.4, -0.2) is 35.6 Å². The molecule has 0 aromatic heterocycles. The van der Waals surface area contributed by atoms with Gasteiger partial charge in [0.1, 0.15) is 0 Å². The fourth-order valence-corrected chi connectivity index (χ4v) is 3.09. The molecule has 1 aromatic rings. The summed E-state index contributed by atoms with van der Waals surface area (Å²) in [6.45, 7) is 3.77. The highest BCUT2D eigenvalue weighted by Gasteiger charge is 2.26. The summed E-state index contributed by atoms with van der Waals surface area (Å²) < 4.78 is 0.942. The molecule has 0 saturated carbocycles. The van der Waals surface area contributed by atoms with Crippen LogP contribution in [0.15, 0.2) is 22.7 Å². The van der Waals surface area contributed by atoms with Crippen molar-refractivity contribution in [2.75, 3.05) is 19.7 Å². The molecule has 98 valence electrons. The molecule has 1 saturated heterocycles. The number of carbonyl (C=O) groups is 1. The predicted octanol–water partition coefficient (Wildman–Crippen LogP) is 2.60. The molecule has 1 unspecified atom stereocenters. The second-order valence-electron chi connectivity index (χ2n) is 4.94. The average molecular weight is 312 g/mol. The van der Waals surface area contributed by atoms with Gasteiger partial charge in [-0.05, 0) is 49.4 Å². The Labute approximate surface area is 116 Å². The van der Waals surface area contributed by atoms with Crippen molar-refractivity contribution in [3.63, 3.8) is 0 Å². The first-order chi connectivity index (χ1) is 8.60. The number of amides is 1. The number of rotatable bonds is 3. The number of aliphatic hydroxyl groups is 1. The summed E-state index contributed by atoms with van der Waals surface area (Å²) in [7, 11) is 0. The van der Waals surface area contributed by atoms with Crippen molar-refractivity contribution in [2.24, 2.45) is 5.92 Å². The Kier molecular flexibility index (Phi) is 4.40. The van der Waals surface area contributed by atoms with Crippen molar-refractivity contribution in [1.82, 2.24) is 4.90 Å². The molecule has 4 heteroatoms. The fourth-order valence-electron chi connectivity index (χ4n) is 2.48. The van der Waals surface area contributed by atoms with Crippen LogP contribution in [0.1, 0.15) is 28.8 Å². The monoisotopic (exact) mass is 311 g/mol. The van der Waals surface area contributed by atoms with Gasteiger partial charge in [0, 0.05) is 29.7 Å². The zero-order valence-corrected chi connectivity index (χ0v) is 12.1. The van der Waals surface area contributed by atoms with Gasteiger partial charge >= 0.3 is 0 Å². The summed E-state index contributed by atoms with van der Waals surface area (Å²) in [4.78, 5) is 14.2. The number of benzene rings is 1. The van der Waals surface area contributed by atoms with E-state index < -0.39 is 0 Å². The highest BCUT2D eigenvalue weighted by atomic mass is 79.9. The molecule has 0 bridgehead atoms. The molecule has 1 heterocycles. The van der Waals surface area contributed by atoms with Gasteiger partial charge in [0.25, 0.3) is 5.91 Å². The zero-order valence-electron chi connectivity index (χ0n) is 10.5. The highest BCUT2D eigenvalue weighted by molar-refractivity contribution is 9.10. The van der Waals surface area contributed by atoms with Crippen molar-refractivity contribution in [3.8, 4) is 0 Å². The molecule has 1 N–H and O–H groups in total. The Morgan fingerprint density at radius 3 is 2.94 bits per heavy atom. The van der Waals surface area contributed by atoms with Crippen LogP contribution in [-0.2, 0) is 0 Å². The Bertz CT molecular complexity index is 427. The number of hydrogen-bond donors (Lipinski definition) is 1. The van der Waals surface area contributed by atoms with E-state index in [2.05, 4.69) is 15.9 Å². The van der Waals surface area contributed by atoms with Crippen molar-refractivity contribution in [3.05, 3.63) is 33.8 Å². The molecule has 0 aliphatic carbocycles. The van der Waals surface area contributed by atoms with E-state index in [4.69, 9.17) is 5.11 Å². The molecule has 0 spiro atoms. The molecule has 3 nitrogen and oxygen atoms in total. The summed E-state index contributed by atoms with van der Waals surface area (Å²) in [6, 6.07) is 5.79. The maximum absolute atomic E-state index is 12.3. The minimum absolute atomic E-state index is 0.0971. The summed E-state index contributed by atoms with van der Waals surface area (Å²) >= 11 is 3.42. The Morgan fingerprint density at radius 1 is 1.50 bits per heavy atom. The van der Waals surface area contributed by atoms with Gasteiger partial charge in [-0.25, -0.2) is 0 Å². The third-order valence-electron chi connectivity index (χ3n) is 3.40. The number of likely N-dealkylation sites (tertiary alicyclic amines) is 1. The van der Waals surface area contributed by atoms with Crippen LogP contribution >= 0.6 is 15.9 Å². The third kappa shape index (κ3) is 3.12. The van der Waals surface area contributed by atoms with Crippen molar-refractivity contribution >= 4 is 21.8 Å². The number of carbonyl (C=O) groups excluding carboxylic acids is 1. The highest BCUT2D eigenvalue weighted by Crippen LogP contribution is 2.23. The summed E-state index contributed by atoms with van der Waals surface area (Å²) in [5.74, 6) is 0.548. The maximum atomic E-state index is 12.3. The van der Waals surface area contributed by atoms with Gasteiger partial charge in [0.2, 0.25) is 0 Å². The molecule has 1 amide bonds. The summed E-state index contributed by atoms with van der Waals surface area (Å²) in [5.41, 5.74) is 1.82. The van der Waals surface area contributed by atoms with Gasteiger partial charge in [-0.15, -0.1) is 0 Å². The number of aryl methyl sites for hydroxylation is 1. The van der Waals surface area contributed by atoms with Gasteiger partial charge in [-0.3, -0.25) is 4.79 Å². The number of nitrogens with zero attached hydrogens (tertiary/aromatic N) is 1. The fraction of sp³-hybridized carbons (Fsp3) is 0.500. The zero-order chi connectivity index (χ0) is 13.1. The topological polar surface area (TPSA) is 40.5 Å². The summed E-state index contributed by atoms with van der Waals surface area (Å²) in [5, 5.41) is 8.93. The van der Waals surface area contributed by atoms with E-state index >= 15 is 0 Å². The number of hydrogen-bond acceptors (Lipinski definition) is 2. The maximum Gasteiger partial charge on any atom is 0.253 e. The standard InChI is InChI=1S/C14H18BrNO2/c1-10-6-12(8-13(15)7-10)14(18)16-4-2-11(9-16)3-5-17/h6-8,11,17H,2-5,9H2,1H3. The molecule has 1 aliphatic heterocycles. The van der Waals surface area contributed by atoms with Crippen LogP contribution in [0.3, 0.4) is 0 Å². The van der Waals surface area contributed by atoms with Gasteiger partial charge in [-0.2, -0.15) is 0 Å². The van der Waals surface area contributed by atoms with Crippen molar-refractivity contribution in [1.29, 1.82) is 0 Å². The second-order valence-corrected chi connectivity index (χ2v) is 5.85. The molecule has 1 atom stereocenters. The average Bonchev–Trinajstić information content (AvgIpc) is 2.76. The lowest BCUT2D eigenvalue weighted by atomic mass is 10.1. The minimum Gasteiger partial charge on any atom is -0.396 e. The molecular weight excluding hydrogens is 294 g/mol. The predicted molar refractivity (Wildman–Crippen MR) is 74.6 cm³/mol. The van der Waals surface area contributed by atoms with E-state index in [0.717, 1.165) is 41.5 Å². The molecule has 18 heavy (non-hydrogen) atoms. The normalized spacial score (nSPS) is 19.3. The molecular formula is C14H18BrNO2. The second kappa shape index (κ2) is 5.85. The molecule has 1 aliphatic rings. The van der Waals surface area contributed by atoms with Crippen LogP contribution in [0.25, 0.3) is 0 Å². The van der Waals surface area contributed by atoms with E-state index in [1.54, 1.807) is 0 Å². The smallest absolute Gasteiger partial charge is 0.253 e. The molecule has 1 aromatic carbocycles.